The highest BCUT2D eigenvalue weighted by molar-refractivity contribution is 9.10. The largest absolute Gasteiger partial charge is 0.382 e. The zero-order valence-electron chi connectivity index (χ0n) is 13.6. The smallest absolute Gasteiger partial charge is 0.164 e. The lowest BCUT2D eigenvalue weighted by Crippen LogP contribution is -2.38. The zero-order valence-corrected chi connectivity index (χ0v) is 16.7. The van der Waals surface area contributed by atoms with Gasteiger partial charge < -0.3 is 10.6 Å². The van der Waals surface area contributed by atoms with E-state index in [1.165, 1.54) is 0 Å². The number of nitrogens with two attached hydrogens (primary N) is 1. The van der Waals surface area contributed by atoms with Crippen LogP contribution in [0.25, 0.3) is 11.3 Å². The maximum atomic E-state index is 6.29. The maximum absolute atomic E-state index is 6.29. The van der Waals surface area contributed by atoms with Crippen molar-refractivity contribution in [2.75, 3.05) is 23.7 Å². The van der Waals surface area contributed by atoms with Crippen molar-refractivity contribution < 1.29 is 0 Å². The second kappa shape index (κ2) is 6.70. The van der Waals surface area contributed by atoms with E-state index in [9.17, 15) is 0 Å². The van der Waals surface area contributed by atoms with Gasteiger partial charge in [0.15, 0.2) is 11.6 Å². The van der Waals surface area contributed by atoms with Gasteiger partial charge in [-0.05, 0) is 40.3 Å². The minimum absolute atomic E-state index is 0.349. The molecule has 2 aromatic rings. The van der Waals surface area contributed by atoms with E-state index in [0.717, 1.165) is 31.7 Å². The van der Waals surface area contributed by atoms with E-state index in [1.807, 2.05) is 12.1 Å². The number of piperidine rings is 1. The topological polar surface area (TPSA) is 55.0 Å². The van der Waals surface area contributed by atoms with Crippen LogP contribution in [0.1, 0.15) is 26.7 Å². The molecule has 3 rings (SSSR count). The van der Waals surface area contributed by atoms with Crippen molar-refractivity contribution in [3.63, 3.8) is 0 Å². The van der Waals surface area contributed by atoms with Crippen molar-refractivity contribution in [3.8, 4) is 11.3 Å². The van der Waals surface area contributed by atoms with Crippen LogP contribution in [0.3, 0.4) is 0 Å². The molecule has 0 aliphatic carbocycles. The van der Waals surface area contributed by atoms with Gasteiger partial charge in [-0.1, -0.05) is 49.2 Å². The Morgan fingerprint density at radius 1 is 1.17 bits per heavy atom. The molecule has 0 saturated carbocycles. The molecule has 1 fully saturated rings. The predicted molar refractivity (Wildman–Crippen MR) is 105 cm³/mol. The molecule has 2 N–H and O–H groups in total. The second-order valence-electron chi connectivity index (χ2n) is 6.82. The second-order valence-corrected chi connectivity index (χ2v) is 8.36. The number of hydrogen-bond acceptors (Lipinski definition) is 4. The van der Waals surface area contributed by atoms with Gasteiger partial charge in [-0.25, -0.2) is 9.97 Å². The molecule has 0 amide bonds. The number of anilines is 2. The van der Waals surface area contributed by atoms with Crippen molar-refractivity contribution in [2.24, 2.45) is 5.41 Å². The summed E-state index contributed by atoms with van der Waals surface area (Å²) in [6.45, 7) is 6.47. The van der Waals surface area contributed by atoms with E-state index in [1.54, 1.807) is 6.07 Å². The van der Waals surface area contributed by atoms with Gasteiger partial charge in [0.25, 0.3) is 0 Å². The van der Waals surface area contributed by atoms with Crippen LogP contribution in [0, 0.1) is 5.41 Å². The van der Waals surface area contributed by atoms with Crippen LogP contribution in [0.2, 0.25) is 10.0 Å². The van der Waals surface area contributed by atoms with Crippen LogP contribution in [0.5, 0.6) is 0 Å². The Bertz CT molecular complexity index is 769. The highest BCUT2D eigenvalue weighted by atomic mass is 79.9. The van der Waals surface area contributed by atoms with Gasteiger partial charge in [0.1, 0.15) is 10.3 Å². The predicted octanol–water partition coefficient (Wildman–Crippen LogP) is 5.42. The third kappa shape index (κ3) is 3.48. The Morgan fingerprint density at radius 3 is 2.50 bits per heavy atom. The van der Waals surface area contributed by atoms with Crippen LogP contribution >= 0.6 is 39.1 Å². The standard InChI is InChI=1S/C17H19BrCl2N4/c1-17(2)6-8-24(9-7-17)16-14(18)22-13(15(21)23-16)10-4-3-5-11(19)12(10)20/h3-5H,6-9H2,1-2H3,(H2,21,23). The zero-order chi connectivity index (χ0) is 17.5. The lowest BCUT2D eigenvalue weighted by Gasteiger charge is -2.37. The summed E-state index contributed by atoms with van der Waals surface area (Å²) in [5.74, 6) is 1.13. The minimum Gasteiger partial charge on any atom is -0.382 e. The molecule has 7 heteroatoms. The highest BCUT2D eigenvalue weighted by Gasteiger charge is 2.28. The van der Waals surface area contributed by atoms with Gasteiger partial charge in [-0.2, -0.15) is 0 Å². The normalized spacial score (nSPS) is 17.1. The molecule has 1 saturated heterocycles. The first-order valence-corrected chi connectivity index (χ1v) is 9.36. The molecule has 0 atom stereocenters. The van der Waals surface area contributed by atoms with Crippen LogP contribution in [-0.4, -0.2) is 23.1 Å². The Hall–Kier alpha value is -1.04. The average Bonchev–Trinajstić information content (AvgIpc) is 2.52. The summed E-state index contributed by atoms with van der Waals surface area (Å²) in [6, 6.07) is 5.39. The summed E-state index contributed by atoms with van der Waals surface area (Å²) < 4.78 is 0.669. The van der Waals surface area contributed by atoms with Crippen molar-refractivity contribution in [3.05, 3.63) is 32.8 Å². The maximum Gasteiger partial charge on any atom is 0.164 e. The van der Waals surface area contributed by atoms with Crippen molar-refractivity contribution in [2.45, 2.75) is 26.7 Å². The summed E-state index contributed by atoms with van der Waals surface area (Å²) in [6.07, 6.45) is 2.23. The first-order chi connectivity index (χ1) is 11.3. The van der Waals surface area contributed by atoms with Gasteiger partial charge in [0.2, 0.25) is 0 Å². The number of nitrogen functional groups attached to an aromatic ring is 1. The minimum atomic E-state index is 0.349. The molecular formula is C17H19BrCl2N4. The molecule has 4 nitrogen and oxygen atoms in total. The number of hydrogen-bond donors (Lipinski definition) is 1. The van der Waals surface area contributed by atoms with Gasteiger partial charge in [-0.15, -0.1) is 0 Å². The summed E-state index contributed by atoms with van der Waals surface area (Å²) >= 11 is 15.9. The van der Waals surface area contributed by atoms with Gasteiger partial charge in [0, 0.05) is 18.7 Å². The first kappa shape index (κ1) is 17.8. The number of nitrogens with zero attached hydrogens (tertiary/aromatic N) is 3. The first-order valence-electron chi connectivity index (χ1n) is 7.81. The van der Waals surface area contributed by atoms with E-state index in [-0.39, 0.29) is 0 Å². The van der Waals surface area contributed by atoms with Gasteiger partial charge >= 0.3 is 0 Å². The Labute approximate surface area is 160 Å². The Balaban J connectivity index is 1.96. The molecule has 0 radical (unpaired) electrons. The Morgan fingerprint density at radius 2 is 1.83 bits per heavy atom. The SMILES string of the molecule is CC1(C)CCN(c2nc(N)c(-c3cccc(Cl)c3Cl)nc2Br)CC1. The lowest BCUT2D eigenvalue weighted by atomic mass is 9.83. The summed E-state index contributed by atoms with van der Waals surface area (Å²) in [7, 11) is 0. The average molecular weight is 430 g/mol. The monoisotopic (exact) mass is 428 g/mol. The molecule has 0 spiro atoms. The molecular weight excluding hydrogens is 411 g/mol. The van der Waals surface area contributed by atoms with Crippen LogP contribution in [0.4, 0.5) is 11.6 Å². The van der Waals surface area contributed by atoms with Crippen molar-refractivity contribution >= 4 is 50.8 Å². The highest BCUT2D eigenvalue weighted by Crippen LogP contribution is 2.38. The van der Waals surface area contributed by atoms with Gasteiger partial charge in [0.05, 0.1) is 10.0 Å². The number of rotatable bonds is 2. The quantitative estimate of drug-likeness (QED) is 0.692. The molecule has 0 bridgehead atoms. The molecule has 1 aromatic carbocycles. The van der Waals surface area contributed by atoms with E-state index >= 15 is 0 Å². The summed E-state index contributed by atoms with van der Waals surface area (Å²) in [4.78, 5) is 11.4. The summed E-state index contributed by atoms with van der Waals surface area (Å²) in [5, 5.41) is 0.897. The molecule has 128 valence electrons. The van der Waals surface area contributed by atoms with E-state index in [0.29, 0.717) is 37.1 Å². The van der Waals surface area contributed by atoms with E-state index in [4.69, 9.17) is 28.9 Å². The summed E-state index contributed by atoms with van der Waals surface area (Å²) in [5.41, 5.74) is 7.77. The fraction of sp³-hybridized carbons (Fsp3) is 0.412. The molecule has 1 aromatic heterocycles. The van der Waals surface area contributed by atoms with E-state index in [2.05, 4.69) is 44.6 Å². The van der Waals surface area contributed by atoms with Gasteiger partial charge in [-0.3, -0.25) is 0 Å². The third-order valence-electron chi connectivity index (χ3n) is 4.49. The van der Waals surface area contributed by atoms with E-state index < -0.39 is 0 Å². The van der Waals surface area contributed by atoms with Crippen molar-refractivity contribution in [1.82, 2.24) is 9.97 Å². The fourth-order valence-corrected chi connectivity index (χ4v) is 3.74. The molecule has 24 heavy (non-hydrogen) atoms. The van der Waals surface area contributed by atoms with Crippen LogP contribution in [0.15, 0.2) is 22.8 Å². The van der Waals surface area contributed by atoms with Crippen LogP contribution in [-0.2, 0) is 0 Å². The fourth-order valence-electron chi connectivity index (χ4n) is 2.83. The molecule has 1 aliphatic rings. The number of aromatic nitrogens is 2. The lowest BCUT2D eigenvalue weighted by molar-refractivity contribution is 0.279. The van der Waals surface area contributed by atoms with Crippen molar-refractivity contribution in [1.29, 1.82) is 0 Å². The van der Waals surface area contributed by atoms with Crippen LogP contribution < -0.4 is 10.6 Å². The third-order valence-corrected chi connectivity index (χ3v) is 5.84. The molecule has 1 aliphatic heterocycles. The number of benzene rings is 1. The molecule has 2 heterocycles. The number of halogens is 3. The molecule has 0 unspecified atom stereocenters. The Kier molecular flexibility index (Phi) is 4.96.